The van der Waals surface area contributed by atoms with Gasteiger partial charge in [-0.3, -0.25) is 9.78 Å². The molecule has 1 aromatic rings. The average molecular weight is 265 g/mol. The van der Waals surface area contributed by atoms with Crippen LogP contribution in [0.2, 0.25) is 0 Å². The molecule has 0 aliphatic carbocycles. The number of hydrogen-bond acceptors (Lipinski definition) is 5. The quantitative estimate of drug-likeness (QED) is 0.702. The second kappa shape index (κ2) is 8.61. The molecule has 0 aromatic carbocycles. The molecule has 1 rings (SSSR count). The lowest BCUT2D eigenvalue weighted by Crippen LogP contribution is -2.38. The fourth-order valence-electron chi connectivity index (χ4n) is 1.85. The van der Waals surface area contributed by atoms with Gasteiger partial charge in [-0.2, -0.15) is 0 Å². The van der Waals surface area contributed by atoms with E-state index < -0.39 is 0 Å². The van der Waals surface area contributed by atoms with Crippen LogP contribution >= 0.6 is 0 Å². The second-order valence-corrected chi connectivity index (χ2v) is 4.56. The maximum absolute atomic E-state index is 11.4. The van der Waals surface area contributed by atoms with Crippen molar-refractivity contribution in [2.45, 2.75) is 18.9 Å². The van der Waals surface area contributed by atoms with Gasteiger partial charge in [-0.15, -0.1) is 0 Å². The van der Waals surface area contributed by atoms with Crippen LogP contribution in [0, 0.1) is 0 Å². The molecule has 19 heavy (non-hydrogen) atoms. The average Bonchev–Trinajstić information content (AvgIpc) is 2.46. The number of likely N-dealkylation sites (N-methyl/N-ethyl adjacent to an activating group) is 2. The van der Waals surface area contributed by atoms with Gasteiger partial charge in [0.25, 0.3) is 0 Å². The molecule has 0 saturated carbocycles. The number of aromatic nitrogens is 1. The molecule has 0 spiro atoms. The summed E-state index contributed by atoms with van der Waals surface area (Å²) < 4.78 is 4.74. The Balaban J connectivity index is 2.27. The predicted octanol–water partition coefficient (Wildman–Crippen LogP) is 0.707. The Morgan fingerprint density at radius 1 is 1.42 bits per heavy atom. The highest BCUT2D eigenvalue weighted by atomic mass is 16.5. The van der Waals surface area contributed by atoms with Crippen molar-refractivity contribution in [3.63, 3.8) is 0 Å². The molecule has 1 aromatic heterocycles. The van der Waals surface area contributed by atoms with Crippen LogP contribution in [0.1, 0.15) is 12.0 Å². The number of pyridine rings is 1. The van der Waals surface area contributed by atoms with Gasteiger partial charge in [0, 0.05) is 18.9 Å². The molecule has 106 valence electrons. The first kappa shape index (κ1) is 15.6. The van der Waals surface area contributed by atoms with Gasteiger partial charge in [-0.25, -0.2) is 0 Å². The Labute approximate surface area is 115 Å². The summed E-state index contributed by atoms with van der Waals surface area (Å²) in [5, 5.41) is 2.97. The summed E-state index contributed by atoms with van der Waals surface area (Å²) in [6.07, 6.45) is 5.35. The Bertz CT molecular complexity index is 370. The van der Waals surface area contributed by atoms with Gasteiger partial charge in [-0.1, -0.05) is 0 Å². The fourth-order valence-corrected chi connectivity index (χ4v) is 1.85. The number of hydrogen-bond donors (Lipinski definition) is 1. The molecule has 0 aliphatic heterocycles. The zero-order chi connectivity index (χ0) is 14.1. The first-order valence-electron chi connectivity index (χ1n) is 6.50. The van der Waals surface area contributed by atoms with E-state index in [0.29, 0.717) is 0 Å². The highest BCUT2D eigenvalue weighted by Crippen LogP contribution is 2.01. The van der Waals surface area contributed by atoms with Gasteiger partial charge in [-0.05, 0) is 51.2 Å². The lowest BCUT2D eigenvalue weighted by Gasteiger charge is -2.20. The van der Waals surface area contributed by atoms with E-state index in [0.717, 1.165) is 25.9 Å². The third kappa shape index (κ3) is 5.81. The van der Waals surface area contributed by atoms with Crippen LogP contribution in [0.5, 0.6) is 0 Å². The van der Waals surface area contributed by atoms with E-state index >= 15 is 0 Å². The summed E-state index contributed by atoms with van der Waals surface area (Å²) in [6.45, 7) is 1.81. The summed E-state index contributed by atoms with van der Waals surface area (Å²) in [6, 6.07) is 3.82. The minimum Gasteiger partial charge on any atom is -0.468 e. The van der Waals surface area contributed by atoms with E-state index in [9.17, 15) is 4.79 Å². The molecule has 1 N–H and O–H groups in total. The Kier molecular flexibility index (Phi) is 7.07. The smallest absolute Gasteiger partial charge is 0.322 e. The zero-order valence-corrected chi connectivity index (χ0v) is 11.9. The second-order valence-electron chi connectivity index (χ2n) is 4.56. The first-order valence-corrected chi connectivity index (χ1v) is 6.50. The van der Waals surface area contributed by atoms with Crippen molar-refractivity contribution in [1.82, 2.24) is 15.2 Å². The third-order valence-electron chi connectivity index (χ3n) is 3.17. The van der Waals surface area contributed by atoms with Gasteiger partial charge in [0.1, 0.15) is 6.04 Å². The number of ether oxygens (including phenoxy) is 1. The monoisotopic (exact) mass is 265 g/mol. The Hall–Kier alpha value is -1.46. The molecule has 0 aliphatic rings. The van der Waals surface area contributed by atoms with E-state index in [1.807, 2.05) is 24.5 Å². The van der Waals surface area contributed by atoms with Crippen LogP contribution in [0.4, 0.5) is 0 Å². The fraction of sp³-hybridized carbons (Fsp3) is 0.571. The van der Waals surface area contributed by atoms with E-state index in [1.54, 1.807) is 7.05 Å². The molecule has 0 saturated heterocycles. The van der Waals surface area contributed by atoms with Crippen LogP contribution in [-0.2, 0) is 16.0 Å². The number of nitrogens with zero attached hydrogens (tertiary/aromatic N) is 2. The van der Waals surface area contributed by atoms with Crippen molar-refractivity contribution < 1.29 is 9.53 Å². The largest absolute Gasteiger partial charge is 0.468 e. The summed E-state index contributed by atoms with van der Waals surface area (Å²) in [4.78, 5) is 17.6. The molecule has 0 radical (unpaired) electrons. The standard InChI is InChI=1S/C14H23N3O2/c1-15-13(14(18)19-3)7-11-17(2)10-6-12-4-8-16-9-5-12/h4-5,8-9,13,15H,6-7,10-11H2,1-3H3. The molecule has 0 bridgehead atoms. The third-order valence-corrected chi connectivity index (χ3v) is 3.17. The van der Waals surface area contributed by atoms with Gasteiger partial charge in [0.05, 0.1) is 7.11 Å². The van der Waals surface area contributed by atoms with Crippen molar-refractivity contribution in [1.29, 1.82) is 0 Å². The van der Waals surface area contributed by atoms with Crippen molar-refractivity contribution in [3.8, 4) is 0 Å². The summed E-state index contributed by atoms with van der Waals surface area (Å²) >= 11 is 0. The summed E-state index contributed by atoms with van der Waals surface area (Å²) in [5.41, 5.74) is 1.28. The molecule has 1 heterocycles. The minimum absolute atomic E-state index is 0.204. The lowest BCUT2D eigenvalue weighted by atomic mass is 10.1. The van der Waals surface area contributed by atoms with Gasteiger partial charge in [0.15, 0.2) is 0 Å². The first-order chi connectivity index (χ1) is 9.17. The molecule has 1 atom stereocenters. The van der Waals surface area contributed by atoms with Crippen LogP contribution in [0.15, 0.2) is 24.5 Å². The van der Waals surface area contributed by atoms with E-state index in [-0.39, 0.29) is 12.0 Å². The number of rotatable bonds is 8. The molecule has 0 fully saturated rings. The van der Waals surface area contributed by atoms with Crippen LogP contribution in [0.3, 0.4) is 0 Å². The van der Waals surface area contributed by atoms with Crippen molar-refractivity contribution in [3.05, 3.63) is 30.1 Å². The molecule has 5 heteroatoms. The number of esters is 1. The van der Waals surface area contributed by atoms with Crippen LogP contribution in [-0.4, -0.2) is 56.2 Å². The Morgan fingerprint density at radius 2 is 2.11 bits per heavy atom. The highest BCUT2D eigenvalue weighted by molar-refractivity contribution is 5.75. The van der Waals surface area contributed by atoms with Crippen molar-refractivity contribution >= 4 is 5.97 Å². The lowest BCUT2D eigenvalue weighted by molar-refractivity contribution is -0.143. The number of carbonyl (C=O) groups excluding carboxylic acids is 1. The van der Waals surface area contributed by atoms with E-state index in [2.05, 4.69) is 22.2 Å². The topological polar surface area (TPSA) is 54.5 Å². The molecule has 0 amide bonds. The van der Waals surface area contributed by atoms with Crippen LogP contribution in [0.25, 0.3) is 0 Å². The SMILES string of the molecule is CNC(CCN(C)CCc1ccncc1)C(=O)OC. The van der Waals surface area contributed by atoms with Gasteiger partial charge in [0.2, 0.25) is 0 Å². The molecule has 1 unspecified atom stereocenters. The van der Waals surface area contributed by atoms with Gasteiger partial charge >= 0.3 is 5.97 Å². The van der Waals surface area contributed by atoms with Crippen molar-refractivity contribution in [2.24, 2.45) is 0 Å². The molecular formula is C14H23N3O2. The minimum atomic E-state index is -0.228. The molecule has 5 nitrogen and oxygen atoms in total. The molecular weight excluding hydrogens is 242 g/mol. The zero-order valence-electron chi connectivity index (χ0n) is 11.9. The normalized spacial score (nSPS) is 12.4. The van der Waals surface area contributed by atoms with Gasteiger partial charge < -0.3 is 15.0 Å². The summed E-state index contributed by atoms with van der Waals surface area (Å²) in [7, 11) is 5.25. The predicted molar refractivity (Wildman–Crippen MR) is 74.9 cm³/mol. The Morgan fingerprint density at radius 3 is 2.68 bits per heavy atom. The maximum atomic E-state index is 11.4. The van der Waals surface area contributed by atoms with E-state index in [4.69, 9.17) is 4.74 Å². The highest BCUT2D eigenvalue weighted by Gasteiger charge is 2.16. The summed E-state index contributed by atoms with van der Waals surface area (Å²) in [5.74, 6) is -0.204. The van der Waals surface area contributed by atoms with Crippen LogP contribution < -0.4 is 5.32 Å². The maximum Gasteiger partial charge on any atom is 0.322 e. The number of methoxy groups -OCH3 is 1. The number of nitrogens with one attached hydrogen (secondary N) is 1. The van der Waals surface area contributed by atoms with E-state index in [1.165, 1.54) is 12.7 Å². The van der Waals surface area contributed by atoms with Crippen molar-refractivity contribution in [2.75, 3.05) is 34.3 Å². The number of carbonyl (C=O) groups is 1.